The number of aromatic nitrogens is 2. The highest BCUT2D eigenvalue weighted by molar-refractivity contribution is 6.30. The Morgan fingerprint density at radius 2 is 2.00 bits per heavy atom. The van der Waals surface area contributed by atoms with Crippen molar-refractivity contribution in [1.82, 2.24) is 9.78 Å². The van der Waals surface area contributed by atoms with Crippen LogP contribution >= 0.6 is 11.6 Å². The average Bonchev–Trinajstić information content (AvgIpc) is 2.66. The molecule has 0 unspecified atom stereocenters. The number of benzene rings is 1. The molecule has 0 atom stereocenters. The van der Waals surface area contributed by atoms with E-state index in [0.717, 1.165) is 5.69 Å². The van der Waals surface area contributed by atoms with Gasteiger partial charge in [-0.05, 0) is 38.1 Å². The molecule has 0 amide bonds. The van der Waals surface area contributed by atoms with E-state index in [1.807, 2.05) is 13.8 Å². The molecule has 2 rings (SSSR count). The van der Waals surface area contributed by atoms with Gasteiger partial charge >= 0.3 is 0 Å². The first kappa shape index (κ1) is 13.2. The van der Waals surface area contributed by atoms with Gasteiger partial charge in [0.2, 0.25) is 0 Å². The van der Waals surface area contributed by atoms with Crippen molar-refractivity contribution in [1.29, 1.82) is 5.26 Å². The predicted octanol–water partition coefficient (Wildman–Crippen LogP) is 2.80. The fourth-order valence-electron chi connectivity index (χ4n) is 1.69. The largest absolute Gasteiger partial charge is 0.382 e. The Kier molecular flexibility index (Phi) is 3.63. The lowest BCUT2D eigenvalue weighted by molar-refractivity contribution is 0.850. The SMILES string of the molecule is CC(C)Nc1nn(-c2ccc(Cl)cc2)c(N)c1C#N. The molecule has 3 N–H and O–H groups in total. The highest BCUT2D eigenvalue weighted by Gasteiger charge is 2.16. The van der Waals surface area contributed by atoms with E-state index in [4.69, 9.17) is 17.3 Å². The maximum absolute atomic E-state index is 9.17. The highest BCUT2D eigenvalue weighted by Crippen LogP contribution is 2.25. The number of nitrogen functional groups attached to an aromatic ring is 1. The van der Waals surface area contributed by atoms with Crippen molar-refractivity contribution in [2.75, 3.05) is 11.1 Å². The van der Waals surface area contributed by atoms with E-state index in [1.165, 1.54) is 4.68 Å². The Balaban J connectivity index is 2.50. The number of nitriles is 1. The summed E-state index contributed by atoms with van der Waals surface area (Å²) in [5, 5.41) is 17.2. The maximum Gasteiger partial charge on any atom is 0.168 e. The van der Waals surface area contributed by atoms with Crippen molar-refractivity contribution in [3.63, 3.8) is 0 Å². The van der Waals surface area contributed by atoms with Crippen molar-refractivity contribution >= 4 is 23.2 Å². The standard InChI is InChI=1S/C13H14ClN5/c1-8(2)17-13-11(7-15)12(16)19(18-13)10-5-3-9(14)4-6-10/h3-6,8H,16H2,1-2H3,(H,17,18). The molecule has 0 saturated carbocycles. The van der Waals surface area contributed by atoms with Gasteiger partial charge in [-0.15, -0.1) is 5.10 Å². The summed E-state index contributed by atoms with van der Waals surface area (Å²) in [6.45, 7) is 3.94. The molecule has 1 aromatic carbocycles. The van der Waals surface area contributed by atoms with E-state index in [-0.39, 0.29) is 6.04 Å². The molecule has 0 bridgehead atoms. The van der Waals surface area contributed by atoms with Gasteiger partial charge in [0.15, 0.2) is 5.82 Å². The van der Waals surface area contributed by atoms with Gasteiger partial charge in [0.05, 0.1) is 5.69 Å². The zero-order valence-electron chi connectivity index (χ0n) is 10.7. The lowest BCUT2D eigenvalue weighted by Crippen LogP contribution is -2.11. The number of nitrogens with two attached hydrogens (primary N) is 1. The molecule has 5 nitrogen and oxygen atoms in total. The molecule has 0 saturated heterocycles. The molecule has 19 heavy (non-hydrogen) atoms. The van der Waals surface area contributed by atoms with Crippen LogP contribution in [0.3, 0.4) is 0 Å². The topological polar surface area (TPSA) is 79.7 Å². The van der Waals surface area contributed by atoms with Crippen LogP contribution in [0.15, 0.2) is 24.3 Å². The van der Waals surface area contributed by atoms with Crippen molar-refractivity contribution in [2.24, 2.45) is 0 Å². The van der Waals surface area contributed by atoms with Gasteiger partial charge < -0.3 is 11.1 Å². The number of anilines is 2. The number of nitrogens with zero attached hydrogens (tertiary/aromatic N) is 3. The third-order valence-corrected chi connectivity index (χ3v) is 2.78. The Bertz CT molecular complexity index is 622. The fourth-order valence-corrected chi connectivity index (χ4v) is 1.82. The van der Waals surface area contributed by atoms with Crippen LogP contribution in [0.2, 0.25) is 5.02 Å². The molecule has 2 aromatic rings. The number of hydrogen-bond donors (Lipinski definition) is 2. The monoisotopic (exact) mass is 275 g/mol. The smallest absolute Gasteiger partial charge is 0.168 e. The molecule has 0 spiro atoms. The molecular weight excluding hydrogens is 262 g/mol. The Hall–Kier alpha value is -2.19. The second-order valence-corrected chi connectivity index (χ2v) is 4.84. The highest BCUT2D eigenvalue weighted by atomic mass is 35.5. The van der Waals surface area contributed by atoms with E-state index in [9.17, 15) is 5.26 Å². The summed E-state index contributed by atoms with van der Waals surface area (Å²) >= 11 is 5.85. The van der Waals surface area contributed by atoms with Crippen molar-refractivity contribution in [3.05, 3.63) is 34.9 Å². The zero-order valence-corrected chi connectivity index (χ0v) is 11.4. The van der Waals surface area contributed by atoms with E-state index >= 15 is 0 Å². The lowest BCUT2D eigenvalue weighted by atomic mass is 10.3. The van der Waals surface area contributed by atoms with Crippen LogP contribution in [0.25, 0.3) is 5.69 Å². The van der Waals surface area contributed by atoms with Crippen molar-refractivity contribution in [2.45, 2.75) is 19.9 Å². The molecule has 0 aliphatic carbocycles. The van der Waals surface area contributed by atoms with Crippen LogP contribution in [0.1, 0.15) is 19.4 Å². The summed E-state index contributed by atoms with van der Waals surface area (Å²) in [6, 6.07) is 9.34. The van der Waals surface area contributed by atoms with Crippen molar-refractivity contribution in [3.8, 4) is 11.8 Å². The normalized spacial score (nSPS) is 10.5. The van der Waals surface area contributed by atoms with Gasteiger partial charge in [-0.2, -0.15) is 5.26 Å². The molecule has 1 heterocycles. The van der Waals surface area contributed by atoms with E-state index in [1.54, 1.807) is 24.3 Å². The summed E-state index contributed by atoms with van der Waals surface area (Å²) in [5.74, 6) is 0.804. The van der Waals surface area contributed by atoms with E-state index in [0.29, 0.717) is 22.2 Å². The molecule has 0 radical (unpaired) electrons. The number of rotatable bonds is 3. The van der Waals surface area contributed by atoms with Gasteiger partial charge in [0.25, 0.3) is 0 Å². The number of halogens is 1. The van der Waals surface area contributed by atoms with Gasteiger partial charge in [-0.1, -0.05) is 11.6 Å². The summed E-state index contributed by atoms with van der Waals surface area (Å²) in [4.78, 5) is 0. The van der Waals surface area contributed by atoms with Crippen LogP contribution < -0.4 is 11.1 Å². The first-order valence-electron chi connectivity index (χ1n) is 5.84. The summed E-state index contributed by atoms with van der Waals surface area (Å²) in [6.07, 6.45) is 0. The van der Waals surface area contributed by atoms with Crippen LogP contribution in [0.4, 0.5) is 11.6 Å². The van der Waals surface area contributed by atoms with Gasteiger partial charge in [-0.3, -0.25) is 0 Å². The molecule has 0 aliphatic rings. The average molecular weight is 276 g/mol. The zero-order chi connectivity index (χ0) is 14.0. The van der Waals surface area contributed by atoms with Gasteiger partial charge in [0.1, 0.15) is 17.5 Å². The molecule has 1 aromatic heterocycles. The van der Waals surface area contributed by atoms with Crippen LogP contribution in [-0.2, 0) is 0 Å². The quantitative estimate of drug-likeness (QED) is 0.903. The molecule has 0 fully saturated rings. The molecule has 0 aliphatic heterocycles. The van der Waals surface area contributed by atoms with Crippen LogP contribution in [-0.4, -0.2) is 15.8 Å². The molecule has 98 valence electrons. The predicted molar refractivity (Wildman–Crippen MR) is 76.5 cm³/mol. The number of hydrogen-bond acceptors (Lipinski definition) is 4. The fraction of sp³-hybridized carbons (Fsp3) is 0.231. The second-order valence-electron chi connectivity index (χ2n) is 4.41. The Morgan fingerprint density at radius 3 is 2.53 bits per heavy atom. The van der Waals surface area contributed by atoms with E-state index in [2.05, 4.69) is 16.5 Å². The summed E-state index contributed by atoms with van der Waals surface area (Å²) < 4.78 is 1.53. The number of nitrogens with one attached hydrogen (secondary N) is 1. The minimum atomic E-state index is 0.167. The summed E-state index contributed by atoms with van der Waals surface area (Å²) in [5.41, 5.74) is 7.08. The minimum absolute atomic E-state index is 0.167. The first-order valence-corrected chi connectivity index (χ1v) is 6.21. The first-order chi connectivity index (χ1) is 9.02. The van der Waals surface area contributed by atoms with Crippen molar-refractivity contribution < 1.29 is 0 Å². The lowest BCUT2D eigenvalue weighted by Gasteiger charge is -2.06. The molecular formula is C13H14ClN5. The third kappa shape index (κ3) is 2.64. The maximum atomic E-state index is 9.17. The Labute approximate surface area is 116 Å². The molecule has 6 heteroatoms. The Morgan fingerprint density at radius 1 is 1.37 bits per heavy atom. The van der Waals surface area contributed by atoms with Gasteiger partial charge in [-0.25, -0.2) is 4.68 Å². The van der Waals surface area contributed by atoms with Gasteiger partial charge in [0, 0.05) is 11.1 Å². The van der Waals surface area contributed by atoms with E-state index < -0.39 is 0 Å². The second kappa shape index (κ2) is 5.21. The third-order valence-electron chi connectivity index (χ3n) is 2.53. The minimum Gasteiger partial charge on any atom is -0.382 e. The summed E-state index contributed by atoms with van der Waals surface area (Å²) in [7, 11) is 0. The van der Waals surface area contributed by atoms with Crippen LogP contribution in [0, 0.1) is 11.3 Å². The van der Waals surface area contributed by atoms with Crippen LogP contribution in [0.5, 0.6) is 0 Å².